The van der Waals surface area contributed by atoms with Crippen LogP contribution in [0.3, 0.4) is 0 Å². The first-order valence-corrected chi connectivity index (χ1v) is 13.1. The van der Waals surface area contributed by atoms with Crippen LogP contribution in [0.15, 0.2) is 48.5 Å². The highest BCUT2D eigenvalue weighted by molar-refractivity contribution is 7.91. The van der Waals surface area contributed by atoms with Gasteiger partial charge in [0.2, 0.25) is 15.9 Å². The fourth-order valence-electron chi connectivity index (χ4n) is 4.41. The number of carbonyl (C=O) groups is 2. The molecule has 0 saturated carbocycles. The van der Waals surface area contributed by atoms with E-state index < -0.39 is 16.0 Å². The molecule has 34 heavy (non-hydrogen) atoms. The molecule has 0 atom stereocenters. The van der Waals surface area contributed by atoms with Crippen molar-refractivity contribution in [3.63, 3.8) is 0 Å². The quantitative estimate of drug-likeness (QED) is 0.588. The minimum atomic E-state index is -3.78. The summed E-state index contributed by atoms with van der Waals surface area (Å²) in [6.07, 6.45) is 2.15. The second-order valence-electron chi connectivity index (χ2n) is 8.73. The van der Waals surface area contributed by atoms with E-state index in [2.05, 4.69) is 14.5 Å². The summed E-state index contributed by atoms with van der Waals surface area (Å²) in [7, 11) is -3.78. The Kier molecular flexibility index (Phi) is 7.38. The number of aromatic carboxylic acids is 1. The lowest BCUT2D eigenvalue weighted by atomic mass is 10.1. The number of benzene rings is 2. The van der Waals surface area contributed by atoms with Gasteiger partial charge in [0.1, 0.15) is 0 Å². The second kappa shape index (κ2) is 10.4. The largest absolute Gasteiger partial charge is 0.478 e. The van der Waals surface area contributed by atoms with Crippen molar-refractivity contribution in [3.8, 4) is 0 Å². The molecule has 9 nitrogen and oxygen atoms in total. The lowest BCUT2D eigenvalue weighted by molar-refractivity contribution is -0.131. The van der Waals surface area contributed by atoms with Crippen molar-refractivity contribution >= 4 is 33.3 Å². The van der Waals surface area contributed by atoms with E-state index in [0.717, 1.165) is 25.9 Å². The number of hydrogen-bond acceptors (Lipinski definition) is 6. The first-order valence-electron chi connectivity index (χ1n) is 11.5. The van der Waals surface area contributed by atoms with Gasteiger partial charge in [0.15, 0.2) is 0 Å². The van der Waals surface area contributed by atoms with Gasteiger partial charge in [-0.15, -0.1) is 0 Å². The third-order valence-corrected chi connectivity index (χ3v) is 7.50. The predicted octanol–water partition coefficient (Wildman–Crippen LogP) is 2.07. The molecule has 0 radical (unpaired) electrons. The molecule has 4 rings (SSSR count). The van der Waals surface area contributed by atoms with E-state index in [1.807, 2.05) is 4.90 Å². The van der Waals surface area contributed by atoms with Gasteiger partial charge in [-0.1, -0.05) is 30.3 Å². The number of piperazine rings is 1. The number of anilines is 2. The number of rotatable bonds is 8. The number of amides is 1. The number of nitrogens with one attached hydrogen (secondary N) is 1. The van der Waals surface area contributed by atoms with Crippen LogP contribution in [0.4, 0.5) is 11.4 Å². The smallest absolute Gasteiger partial charge is 0.337 e. The van der Waals surface area contributed by atoms with Gasteiger partial charge in [-0.2, -0.15) is 0 Å². The molecule has 2 N–H and O–H groups in total. The summed E-state index contributed by atoms with van der Waals surface area (Å²) >= 11 is 0. The Hall–Kier alpha value is -3.11. The van der Waals surface area contributed by atoms with E-state index in [9.17, 15) is 23.1 Å². The van der Waals surface area contributed by atoms with Gasteiger partial charge in [-0.05, 0) is 36.6 Å². The molecular weight excluding hydrogens is 456 g/mol. The number of likely N-dealkylation sites (tertiary alicyclic amines) is 1. The van der Waals surface area contributed by atoms with Crippen molar-refractivity contribution in [3.05, 3.63) is 59.7 Å². The molecule has 2 saturated heterocycles. The highest BCUT2D eigenvalue weighted by atomic mass is 32.2. The molecule has 0 aromatic heterocycles. The summed E-state index contributed by atoms with van der Waals surface area (Å²) in [4.78, 5) is 30.4. The molecule has 0 spiro atoms. The van der Waals surface area contributed by atoms with Crippen molar-refractivity contribution < 1.29 is 23.1 Å². The molecule has 10 heteroatoms. The molecular formula is C24H30N4O5S. The van der Waals surface area contributed by atoms with E-state index in [0.29, 0.717) is 44.0 Å². The highest BCUT2D eigenvalue weighted by Crippen LogP contribution is 2.26. The highest BCUT2D eigenvalue weighted by Gasteiger charge is 2.25. The topological polar surface area (TPSA) is 110 Å². The standard InChI is InChI=1S/C24H30N4O5S/c29-23(28-10-4-5-11-28)17-26-12-14-27(15-13-26)20-8-9-22(21(16-20)24(30)31)25-34(32,33)18-19-6-2-1-3-7-19/h1-3,6-9,16,25H,4-5,10-15,17-18H2,(H,30,31). The van der Waals surface area contributed by atoms with Crippen LogP contribution in [-0.4, -0.2) is 81.0 Å². The van der Waals surface area contributed by atoms with Crippen LogP contribution in [0.5, 0.6) is 0 Å². The number of sulfonamides is 1. The van der Waals surface area contributed by atoms with Crippen LogP contribution in [0.2, 0.25) is 0 Å². The number of nitrogens with zero attached hydrogens (tertiary/aromatic N) is 3. The van der Waals surface area contributed by atoms with Gasteiger partial charge in [0.05, 0.1) is 23.5 Å². The summed E-state index contributed by atoms with van der Waals surface area (Å²) < 4.78 is 27.6. The van der Waals surface area contributed by atoms with Crippen molar-refractivity contribution in [1.29, 1.82) is 0 Å². The molecule has 2 aromatic carbocycles. The first-order chi connectivity index (χ1) is 16.3. The third-order valence-electron chi connectivity index (χ3n) is 6.25. The van der Waals surface area contributed by atoms with Crippen molar-refractivity contribution in [2.24, 2.45) is 0 Å². The zero-order valence-electron chi connectivity index (χ0n) is 19.0. The van der Waals surface area contributed by atoms with E-state index in [1.165, 1.54) is 12.1 Å². The van der Waals surface area contributed by atoms with E-state index >= 15 is 0 Å². The maximum atomic E-state index is 12.6. The summed E-state index contributed by atoms with van der Waals surface area (Å²) in [6, 6.07) is 13.5. The Labute approximate surface area is 200 Å². The molecule has 2 fully saturated rings. The zero-order chi connectivity index (χ0) is 24.1. The summed E-state index contributed by atoms with van der Waals surface area (Å²) in [5, 5.41) is 9.72. The Balaban J connectivity index is 1.39. The van der Waals surface area contributed by atoms with Crippen LogP contribution in [0.25, 0.3) is 0 Å². The molecule has 1 amide bonds. The van der Waals surface area contributed by atoms with Crippen molar-refractivity contribution in [2.75, 3.05) is 55.4 Å². The van der Waals surface area contributed by atoms with Crippen LogP contribution >= 0.6 is 0 Å². The Morgan fingerprint density at radius 1 is 0.912 bits per heavy atom. The van der Waals surface area contributed by atoms with Gasteiger partial charge in [0, 0.05) is 45.0 Å². The molecule has 0 unspecified atom stereocenters. The number of hydrogen-bond donors (Lipinski definition) is 2. The fraction of sp³-hybridized carbons (Fsp3) is 0.417. The van der Waals surface area contributed by atoms with Crippen LogP contribution in [0, 0.1) is 0 Å². The predicted molar refractivity (Wildman–Crippen MR) is 131 cm³/mol. The Morgan fingerprint density at radius 3 is 2.24 bits per heavy atom. The second-order valence-corrected chi connectivity index (χ2v) is 10.5. The van der Waals surface area contributed by atoms with Crippen LogP contribution in [0.1, 0.15) is 28.8 Å². The van der Waals surface area contributed by atoms with Gasteiger partial charge < -0.3 is 14.9 Å². The number of carboxylic acids is 1. The van der Waals surface area contributed by atoms with Gasteiger partial charge in [0.25, 0.3) is 0 Å². The summed E-state index contributed by atoms with van der Waals surface area (Å²) in [5.41, 5.74) is 1.28. The summed E-state index contributed by atoms with van der Waals surface area (Å²) in [5.74, 6) is -1.27. The van der Waals surface area contributed by atoms with E-state index in [4.69, 9.17) is 0 Å². The maximum Gasteiger partial charge on any atom is 0.337 e. The van der Waals surface area contributed by atoms with Gasteiger partial charge in [-0.3, -0.25) is 14.4 Å². The van der Waals surface area contributed by atoms with Crippen molar-refractivity contribution in [2.45, 2.75) is 18.6 Å². The molecule has 2 aliphatic rings. The number of carboxylic acid groups (broad SMARTS) is 1. The van der Waals surface area contributed by atoms with E-state index in [-0.39, 0.29) is 22.9 Å². The number of carbonyl (C=O) groups excluding carboxylic acids is 1. The minimum Gasteiger partial charge on any atom is -0.478 e. The minimum absolute atomic E-state index is 0.0435. The van der Waals surface area contributed by atoms with Crippen molar-refractivity contribution in [1.82, 2.24) is 9.80 Å². The summed E-state index contributed by atoms with van der Waals surface area (Å²) in [6.45, 7) is 4.82. The van der Waals surface area contributed by atoms with Gasteiger partial charge in [-0.25, -0.2) is 13.2 Å². The van der Waals surface area contributed by atoms with Crippen LogP contribution in [-0.2, 0) is 20.6 Å². The maximum absolute atomic E-state index is 12.6. The zero-order valence-corrected chi connectivity index (χ0v) is 19.8. The molecule has 0 bridgehead atoms. The normalized spacial score (nSPS) is 17.1. The average Bonchev–Trinajstić information content (AvgIpc) is 3.35. The first kappa shape index (κ1) is 24.0. The SMILES string of the molecule is O=C(O)c1cc(N2CCN(CC(=O)N3CCCC3)CC2)ccc1NS(=O)(=O)Cc1ccccc1. The molecule has 2 heterocycles. The Bertz CT molecular complexity index is 1130. The molecule has 182 valence electrons. The van der Waals surface area contributed by atoms with Crippen LogP contribution < -0.4 is 9.62 Å². The fourth-order valence-corrected chi connectivity index (χ4v) is 5.63. The molecule has 0 aliphatic carbocycles. The average molecular weight is 487 g/mol. The Morgan fingerprint density at radius 2 is 1.59 bits per heavy atom. The molecule has 2 aliphatic heterocycles. The monoisotopic (exact) mass is 486 g/mol. The third kappa shape index (κ3) is 6.06. The van der Waals surface area contributed by atoms with E-state index in [1.54, 1.807) is 36.4 Å². The molecule has 2 aromatic rings. The lowest BCUT2D eigenvalue weighted by Crippen LogP contribution is -2.49. The van der Waals surface area contributed by atoms with Gasteiger partial charge >= 0.3 is 5.97 Å². The lowest BCUT2D eigenvalue weighted by Gasteiger charge is -2.36.